The van der Waals surface area contributed by atoms with Crippen molar-refractivity contribution in [3.63, 3.8) is 0 Å². The van der Waals surface area contributed by atoms with E-state index in [0.29, 0.717) is 0 Å². The van der Waals surface area contributed by atoms with Crippen molar-refractivity contribution in [1.82, 2.24) is 0 Å². The number of ether oxygens (including phenoxy) is 1. The summed E-state index contributed by atoms with van der Waals surface area (Å²) >= 11 is 0. The van der Waals surface area contributed by atoms with E-state index in [-0.39, 0.29) is 33.6 Å². The highest BCUT2D eigenvalue weighted by molar-refractivity contribution is 6.03. The van der Waals surface area contributed by atoms with Gasteiger partial charge in [-0.15, -0.1) is 0 Å². The molecule has 0 radical (unpaired) electrons. The molecule has 0 bridgehead atoms. The number of aromatic hydroxyl groups is 1. The Hall–Kier alpha value is -4.34. The van der Waals surface area contributed by atoms with Crippen LogP contribution in [0.25, 0.3) is 22.3 Å². The zero-order valence-electron chi connectivity index (χ0n) is 14.6. The fraction of sp³-hybridized carbons (Fsp3) is 0.0526. The lowest BCUT2D eigenvalue weighted by Gasteiger charge is -2.11. The maximum absolute atomic E-state index is 12.7. The fourth-order valence-corrected chi connectivity index (χ4v) is 2.83. The van der Waals surface area contributed by atoms with Crippen LogP contribution in [-0.4, -0.2) is 45.4 Å². The third-order valence-electron chi connectivity index (χ3n) is 4.13. The lowest BCUT2D eigenvalue weighted by molar-refractivity contribution is 0.0651. The lowest BCUT2D eigenvalue weighted by atomic mass is 10.0. The van der Waals surface area contributed by atoms with Gasteiger partial charge in [0.2, 0.25) is 11.2 Å². The fourth-order valence-electron chi connectivity index (χ4n) is 2.83. The van der Waals surface area contributed by atoms with Gasteiger partial charge >= 0.3 is 17.9 Å². The topological polar surface area (TPSA) is 172 Å². The number of rotatable bonds is 5. The molecular weight excluding hydrogens is 388 g/mol. The van der Waals surface area contributed by atoms with Gasteiger partial charge in [0.05, 0.1) is 23.8 Å². The molecule has 0 spiro atoms. The highest BCUT2D eigenvalue weighted by Gasteiger charge is 2.23. The van der Waals surface area contributed by atoms with Crippen molar-refractivity contribution in [2.75, 3.05) is 7.11 Å². The van der Waals surface area contributed by atoms with E-state index >= 15 is 0 Å². The van der Waals surface area contributed by atoms with E-state index in [9.17, 15) is 29.4 Å². The molecule has 10 heteroatoms. The van der Waals surface area contributed by atoms with Gasteiger partial charge < -0.3 is 29.6 Å². The molecule has 0 aliphatic carbocycles. The summed E-state index contributed by atoms with van der Waals surface area (Å²) < 4.78 is 10.6. The van der Waals surface area contributed by atoms with Crippen molar-refractivity contribution in [3.05, 3.63) is 57.2 Å². The molecular formula is C19H12O10. The van der Waals surface area contributed by atoms with E-state index in [0.717, 1.165) is 31.4 Å². The standard InChI is InChI=1S/C19H12O10/c1-28-16-14(21)13-11(20)5-8(17(22)23)6-12(13)29-15(16)7-2-3-9(18(24)25)10(4-7)19(26)27/h2-6,20H,1H3,(H,22,23)(H,24,25)(H,26,27). The molecule has 4 N–H and O–H groups in total. The predicted molar refractivity (Wildman–Crippen MR) is 97.0 cm³/mol. The Bertz CT molecular complexity index is 1250. The minimum Gasteiger partial charge on any atom is -0.507 e. The largest absolute Gasteiger partial charge is 0.507 e. The van der Waals surface area contributed by atoms with Crippen molar-refractivity contribution >= 4 is 28.9 Å². The number of fused-ring (bicyclic) bond motifs is 1. The number of benzene rings is 2. The van der Waals surface area contributed by atoms with Crippen molar-refractivity contribution in [2.45, 2.75) is 0 Å². The quantitative estimate of drug-likeness (QED) is 0.498. The van der Waals surface area contributed by atoms with Gasteiger partial charge in [-0.25, -0.2) is 14.4 Å². The minimum atomic E-state index is -1.52. The first-order valence-corrected chi connectivity index (χ1v) is 7.87. The van der Waals surface area contributed by atoms with Crippen molar-refractivity contribution in [3.8, 4) is 22.8 Å². The summed E-state index contributed by atoms with van der Waals surface area (Å²) in [7, 11) is 1.15. The van der Waals surface area contributed by atoms with Crippen molar-refractivity contribution in [1.29, 1.82) is 0 Å². The van der Waals surface area contributed by atoms with Crippen LogP contribution in [0.15, 0.2) is 39.5 Å². The highest BCUT2D eigenvalue weighted by atomic mass is 16.5. The normalized spacial score (nSPS) is 10.7. The molecule has 1 heterocycles. The van der Waals surface area contributed by atoms with E-state index in [4.69, 9.17) is 19.4 Å². The molecule has 2 aromatic carbocycles. The van der Waals surface area contributed by atoms with Crippen LogP contribution in [-0.2, 0) is 0 Å². The Kier molecular flexibility index (Phi) is 4.69. The molecule has 0 saturated carbocycles. The van der Waals surface area contributed by atoms with Crippen LogP contribution in [0.3, 0.4) is 0 Å². The highest BCUT2D eigenvalue weighted by Crippen LogP contribution is 2.35. The van der Waals surface area contributed by atoms with Gasteiger partial charge in [-0.05, 0) is 24.3 Å². The van der Waals surface area contributed by atoms with Gasteiger partial charge in [-0.3, -0.25) is 4.79 Å². The Balaban J connectivity index is 2.39. The van der Waals surface area contributed by atoms with E-state index in [2.05, 4.69) is 0 Å². The van der Waals surface area contributed by atoms with Crippen molar-refractivity contribution in [2.24, 2.45) is 0 Å². The summed E-state index contributed by atoms with van der Waals surface area (Å²) in [6.07, 6.45) is 0. The van der Waals surface area contributed by atoms with Gasteiger partial charge in [0.1, 0.15) is 16.7 Å². The second kappa shape index (κ2) is 7.00. The molecule has 0 aliphatic heterocycles. The van der Waals surface area contributed by atoms with Crippen LogP contribution in [0.2, 0.25) is 0 Å². The molecule has 0 atom stereocenters. The molecule has 148 valence electrons. The van der Waals surface area contributed by atoms with Crippen LogP contribution in [0.5, 0.6) is 11.5 Å². The Labute approximate surface area is 160 Å². The number of carbonyl (C=O) groups is 3. The minimum absolute atomic E-state index is 0.00321. The first-order valence-electron chi connectivity index (χ1n) is 7.87. The zero-order chi connectivity index (χ0) is 21.5. The van der Waals surface area contributed by atoms with Crippen LogP contribution in [0.1, 0.15) is 31.1 Å². The van der Waals surface area contributed by atoms with Crippen LogP contribution in [0.4, 0.5) is 0 Å². The van der Waals surface area contributed by atoms with Crippen LogP contribution in [0, 0.1) is 0 Å². The first-order chi connectivity index (χ1) is 13.6. The third kappa shape index (κ3) is 3.23. The van der Waals surface area contributed by atoms with Gasteiger partial charge in [0, 0.05) is 5.56 Å². The summed E-state index contributed by atoms with van der Waals surface area (Å²) in [5.74, 6) is -5.62. The number of hydrogen-bond acceptors (Lipinski definition) is 7. The Morgan fingerprint density at radius 3 is 2.14 bits per heavy atom. The summed E-state index contributed by atoms with van der Waals surface area (Å²) in [6.45, 7) is 0. The van der Waals surface area contributed by atoms with Gasteiger partial charge in [0.25, 0.3) is 0 Å². The molecule has 0 amide bonds. The average Bonchev–Trinajstić information content (AvgIpc) is 2.66. The van der Waals surface area contributed by atoms with E-state index in [1.54, 1.807) is 0 Å². The number of phenolic OH excluding ortho intramolecular Hbond substituents is 1. The Morgan fingerprint density at radius 2 is 1.59 bits per heavy atom. The smallest absolute Gasteiger partial charge is 0.336 e. The summed E-state index contributed by atoms with van der Waals surface area (Å²) in [5.41, 5.74) is -2.47. The average molecular weight is 400 g/mol. The van der Waals surface area contributed by atoms with Crippen LogP contribution < -0.4 is 10.2 Å². The molecule has 0 aliphatic rings. The SMILES string of the molecule is COc1c(-c2ccc(C(=O)O)c(C(=O)O)c2)oc2cc(C(=O)O)cc(O)c2c1=O. The second-order valence-electron chi connectivity index (χ2n) is 5.84. The number of carboxylic acids is 3. The number of carboxylic acid groups (broad SMARTS) is 3. The number of methoxy groups -OCH3 is 1. The number of phenols is 1. The lowest BCUT2D eigenvalue weighted by Crippen LogP contribution is -2.10. The second-order valence-corrected chi connectivity index (χ2v) is 5.84. The molecule has 3 rings (SSSR count). The molecule has 10 nitrogen and oxygen atoms in total. The summed E-state index contributed by atoms with van der Waals surface area (Å²) in [4.78, 5) is 46.6. The summed E-state index contributed by atoms with van der Waals surface area (Å²) in [5, 5.41) is 37.3. The molecule has 1 aromatic heterocycles. The number of hydrogen-bond donors (Lipinski definition) is 4. The first kappa shape index (κ1) is 19.4. The predicted octanol–water partition coefficient (Wildman–Crippen LogP) is 2.27. The van der Waals surface area contributed by atoms with Gasteiger partial charge in [0.15, 0.2) is 5.76 Å². The Morgan fingerprint density at radius 1 is 0.931 bits per heavy atom. The molecule has 29 heavy (non-hydrogen) atoms. The van der Waals surface area contributed by atoms with E-state index < -0.39 is 40.2 Å². The third-order valence-corrected chi connectivity index (χ3v) is 4.13. The van der Waals surface area contributed by atoms with Gasteiger partial charge in [-0.1, -0.05) is 6.07 Å². The summed E-state index contributed by atoms with van der Waals surface area (Å²) in [6, 6.07) is 5.12. The van der Waals surface area contributed by atoms with E-state index in [1.807, 2.05) is 0 Å². The molecule has 3 aromatic rings. The maximum atomic E-state index is 12.7. The molecule has 0 fully saturated rings. The van der Waals surface area contributed by atoms with Crippen LogP contribution >= 0.6 is 0 Å². The number of aromatic carboxylic acids is 3. The molecule has 0 saturated heterocycles. The van der Waals surface area contributed by atoms with Gasteiger partial charge in [-0.2, -0.15) is 0 Å². The zero-order valence-corrected chi connectivity index (χ0v) is 14.6. The molecule has 0 unspecified atom stereocenters. The maximum Gasteiger partial charge on any atom is 0.336 e. The van der Waals surface area contributed by atoms with E-state index in [1.165, 1.54) is 6.07 Å². The monoisotopic (exact) mass is 400 g/mol. The van der Waals surface area contributed by atoms with Crippen molar-refractivity contribution < 1.29 is 44.0 Å².